The number of sulfonamides is 1. The van der Waals surface area contributed by atoms with Crippen LogP contribution in [0.1, 0.15) is 23.2 Å². The lowest BCUT2D eigenvalue weighted by Gasteiger charge is -2.38. The highest BCUT2D eigenvalue weighted by atomic mass is 35.5. The minimum atomic E-state index is -3.36. The van der Waals surface area contributed by atoms with Crippen LogP contribution in [0.5, 0.6) is 11.6 Å². The molecule has 3 aromatic carbocycles. The summed E-state index contributed by atoms with van der Waals surface area (Å²) in [6, 6.07) is 24.3. The minimum absolute atomic E-state index is 0.0786. The van der Waals surface area contributed by atoms with E-state index in [4.69, 9.17) is 21.1 Å². The van der Waals surface area contributed by atoms with Crippen molar-refractivity contribution >= 4 is 56.3 Å². The predicted octanol–water partition coefficient (Wildman–Crippen LogP) is 5.90. The molecule has 0 saturated carbocycles. The van der Waals surface area contributed by atoms with Gasteiger partial charge in [0.05, 0.1) is 41.9 Å². The maximum atomic E-state index is 13.9. The molecule has 4 aromatic rings. The number of hydrogen-bond acceptors (Lipinski definition) is 9. The number of ether oxygens (including phenoxy) is 2. The molecule has 15 heteroatoms. The first kappa shape index (κ1) is 35.0. The van der Waals surface area contributed by atoms with Gasteiger partial charge in [0.1, 0.15) is 5.75 Å². The second-order valence-electron chi connectivity index (χ2n) is 12.0. The van der Waals surface area contributed by atoms with Crippen molar-refractivity contribution in [1.29, 1.82) is 0 Å². The number of anilines is 4. The largest absolute Gasteiger partial charge is 0.439 e. The topological polar surface area (TPSA) is 145 Å². The Labute approximate surface area is 296 Å². The predicted molar refractivity (Wildman–Crippen MR) is 194 cm³/mol. The summed E-state index contributed by atoms with van der Waals surface area (Å²) in [7, 11) is -3.36. The number of aromatic nitrogens is 1. The van der Waals surface area contributed by atoms with E-state index < -0.39 is 10.0 Å². The van der Waals surface area contributed by atoms with Gasteiger partial charge in [-0.25, -0.2) is 23.2 Å². The maximum absolute atomic E-state index is 13.9. The highest BCUT2D eigenvalue weighted by molar-refractivity contribution is 7.92. The van der Waals surface area contributed by atoms with Crippen LogP contribution >= 0.6 is 11.6 Å². The number of carbonyl (C=O) groups excluding carboxylic acids is 2. The van der Waals surface area contributed by atoms with E-state index in [-0.39, 0.29) is 18.0 Å². The molecular formula is C35H38ClN7O6S. The lowest BCUT2D eigenvalue weighted by Crippen LogP contribution is -2.50. The molecule has 0 spiro atoms. The number of hydrazine groups is 1. The van der Waals surface area contributed by atoms with Crippen molar-refractivity contribution in [3.8, 4) is 11.6 Å². The fourth-order valence-electron chi connectivity index (χ4n) is 5.82. The van der Waals surface area contributed by atoms with Gasteiger partial charge in [-0.2, -0.15) is 0 Å². The van der Waals surface area contributed by atoms with E-state index in [9.17, 15) is 18.0 Å². The summed E-state index contributed by atoms with van der Waals surface area (Å²) in [4.78, 5) is 34.9. The molecule has 13 nitrogen and oxygen atoms in total. The third-order valence-electron chi connectivity index (χ3n) is 8.23. The average Bonchev–Trinajstić information content (AvgIpc) is 3.11. The van der Waals surface area contributed by atoms with Gasteiger partial charge in [-0.15, -0.1) is 0 Å². The van der Waals surface area contributed by atoms with E-state index in [2.05, 4.69) is 25.5 Å². The molecule has 3 N–H and O–H groups in total. The summed E-state index contributed by atoms with van der Waals surface area (Å²) in [6.45, 7) is 3.28. The van der Waals surface area contributed by atoms with Crippen LogP contribution in [0.15, 0.2) is 91.1 Å². The molecular weight excluding hydrogens is 682 g/mol. The SMILES string of the molecule is CS(=O)(=O)Nc1ccc(Oc2ccc(NN3CCC(N(C(=O)Nc4ccc(Cl)c(C(=O)N5CCOCC5)c4)c4ccccc4)CC3)cn2)cc1. The molecule has 0 unspecified atom stereocenters. The highest BCUT2D eigenvalue weighted by Gasteiger charge is 2.30. The van der Waals surface area contributed by atoms with Gasteiger partial charge in [0.2, 0.25) is 15.9 Å². The van der Waals surface area contributed by atoms with Gasteiger partial charge in [-0.05, 0) is 73.5 Å². The number of halogens is 1. The van der Waals surface area contributed by atoms with Gasteiger partial charge in [0, 0.05) is 55.3 Å². The number of urea groups is 1. The van der Waals surface area contributed by atoms with E-state index in [0.29, 0.717) is 85.8 Å². The van der Waals surface area contributed by atoms with Crippen molar-refractivity contribution in [2.24, 2.45) is 0 Å². The Hall–Kier alpha value is -4.89. The first-order valence-electron chi connectivity index (χ1n) is 16.2. The Morgan fingerprint density at radius 2 is 1.58 bits per heavy atom. The Morgan fingerprint density at radius 1 is 0.900 bits per heavy atom. The van der Waals surface area contributed by atoms with Gasteiger partial charge in [-0.3, -0.25) is 14.4 Å². The van der Waals surface area contributed by atoms with Gasteiger partial charge in [0.25, 0.3) is 5.91 Å². The van der Waals surface area contributed by atoms with Crippen LogP contribution in [0, 0.1) is 0 Å². The molecule has 0 radical (unpaired) electrons. The van der Waals surface area contributed by atoms with Crippen LogP contribution in [0.4, 0.5) is 27.5 Å². The molecule has 0 atom stereocenters. The third-order valence-corrected chi connectivity index (χ3v) is 9.17. The summed E-state index contributed by atoms with van der Waals surface area (Å²) in [5.41, 5.74) is 6.21. The molecule has 2 fully saturated rings. The summed E-state index contributed by atoms with van der Waals surface area (Å²) in [5.74, 6) is 0.716. The van der Waals surface area contributed by atoms with Crippen molar-refractivity contribution in [2.75, 3.05) is 66.0 Å². The number of nitrogens with zero attached hydrogens (tertiary/aromatic N) is 4. The van der Waals surface area contributed by atoms with Crippen molar-refractivity contribution in [3.63, 3.8) is 0 Å². The molecule has 6 rings (SSSR count). The third kappa shape index (κ3) is 9.21. The Kier molecular flexibility index (Phi) is 11.0. The lowest BCUT2D eigenvalue weighted by atomic mass is 10.0. The van der Waals surface area contributed by atoms with Crippen LogP contribution in [0.25, 0.3) is 0 Å². The second-order valence-corrected chi connectivity index (χ2v) is 14.1. The number of pyridine rings is 1. The van der Waals surface area contributed by atoms with Crippen LogP contribution in [0.3, 0.4) is 0 Å². The first-order chi connectivity index (χ1) is 24.1. The van der Waals surface area contributed by atoms with Gasteiger partial charge in [0.15, 0.2) is 0 Å². The van der Waals surface area contributed by atoms with Gasteiger partial charge in [-0.1, -0.05) is 29.8 Å². The number of hydrogen-bond donors (Lipinski definition) is 3. The number of piperidine rings is 1. The molecule has 2 aliphatic heterocycles. The van der Waals surface area contributed by atoms with E-state index in [1.807, 2.05) is 36.4 Å². The number of amides is 3. The number of nitrogens with one attached hydrogen (secondary N) is 3. The Morgan fingerprint density at radius 3 is 2.24 bits per heavy atom. The smallest absolute Gasteiger partial charge is 0.326 e. The monoisotopic (exact) mass is 719 g/mol. The van der Waals surface area contributed by atoms with Crippen LogP contribution in [-0.2, 0) is 14.8 Å². The second kappa shape index (κ2) is 15.8. The van der Waals surface area contributed by atoms with Gasteiger partial charge >= 0.3 is 6.03 Å². The van der Waals surface area contributed by atoms with Gasteiger partial charge < -0.3 is 25.1 Å². The normalized spacial score (nSPS) is 15.6. The van der Waals surface area contributed by atoms with Crippen molar-refractivity contribution in [2.45, 2.75) is 18.9 Å². The molecule has 1 aromatic heterocycles. The molecule has 50 heavy (non-hydrogen) atoms. The summed E-state index contributed by atoms with van der Waals surface area (Å²) in [5, 5.41) is 5.42. The number of rotatable bonds is 10. The fraction of sp³-hybridized carbons (Fsp3) is 0.286. The van der Waals surface area contributed by atoms with Crippen molar-refractivity contribution in [3.05, 3.63) is 102 Å². The molecule has 0 bridgehead atoms. The van der Waals surface area contributed by atoms with E-state index >= 15 is 0 Å². The van der Waals surface area contributed by atoms with Crippen molar-refractivity contribution in [1.82, 2.24) is 14.9 Å². The molecule has 3 amide bonds. The zero-order valence-corrected chi connectivity index (χ0v) is 29.0. The number of morpholine rings is 1. The Bertz CT molecular complexity index is 1890. The lowest BCUT2D eigenvalue weighted by molar-refractivity contribution is 0.0303. The fourth-order valence-corrected chi connectivity index (χ4v) is 6.58. The number of benzene rings is 3. The van der Waals surface area contributed by atoms with E-state index in [0.717, 1.165) is 17.6 Å². The standard InChI is InChI=1S/C35H38ClN7O6S/c1-50(46,47)40-25-7-11-30(12-8-25)49-33-14-10-27(24-37-33)39-42-17-15-29(16-18-42)43(28-5-3-2-4-6-28)35(45)38-26-9-13-32(36)31(23-26)34(44)41-19-21-48-22-20-41/h2-14,23-24,29,39-40H,15-22H2,1H3,(H,38,45). The molecule has 3 heterocycles. The first-order valence-corrected chi connectivity index (χ1v) is 18.4. The van der Waals surface area contributed by atoms with E-state index in [1.165, 1.54) is 0 Å². The van der Waals surface area contributed by atoms with Crippen molar-refractivity contribution < 1.29 is 27.5 Å². The minimum Gasteiger partial charge on any atom is -0.439 e. The van der Waals surface area contributed by atoms with Crippen LogP contribution in [0.2, 0.25) is 5.02 Å². The molecule has 0 aliphatic carbocycles. The molecule has 2 aliphatic rings. The highest BCUT2D eigenvalue weighted by Crippen LogP contribution is 2.28. The summed E-state index contributed by atoms with van der Waals surface area (Å²) < 4.78 is 36.4. The molecule has 262 valence electrons. The summed E-state index contributed by atoms with van der Waals surface area (Å²) >= 11 is 6.42. The number of para-hydroxylation sites is 1. The summed E-state index contributed by atoms with van der Waals surface area (Å²) in [6.07, 6.45) is 4.18. The zero-order chi connectivity index (χ0) is 35.1. The molecule has 2 saturated heterocycles. The average molecular weight is 720 g/mol. The quantitative estimate of drug-likeness (QED) is 0.182. The zero-order valence-electron chi connectivity index (χ0n) is 27.4. The Balaban J connectivity index is 1.06. The van der Waals surface area contributed by atoms with Crippen LogP contribution in [-0.4, -0.2) is 86.9 Å². The maximum Gasteiger partial charge on any atom is 0.326 e. The van der Waals surface area contributed by atoms with E-state index in [1.54, 1.807) is 64.5 Å². The van der Waals surface area contributed by atoms with Crippen LogP contribution < -0.4 is 25.1 Å². The number of carbonyl (C=O) groups is 2.